The summed E-state index contributed by atoms with van der Waals surface area (Å²) in [4.78, 5) is 26.0. The number of rotatable bonds is 2. The van der Waals surface area contributed by atoms with E-state index in [1.54, 1.807) is 18.2 Å². The predicted octanol–water partition coefficient (Wildman–Crippen LogP) is 2.68. The molecule has 2 aromatic carbocycles. The van der Waals surface area contributed by atoms with Gasteiger partial charge in [-0.15, -0.1) is 0 Å². The summed E-state index contributed by atoms with van der Waals surface area (Å²) >= 11 is 0. The third-order valence-corrected chi connectivity index (χ3v) is 3.94. The number of imide groups is 1. The standard InChI is InChI=1S/C17H16N2O2/c1-10-6-7-12(8-11(10)2)9-19-16(20)13-4-3-5-14(18)15(13)17(19)21/h3-8H,9,18H2,1-2H3. The highest BCUT2D eigenvalue weighted by Crippen LogP contribution is 2.28. The van der Waals surface area contributed by atoms with E-state index in [-0.39, 0.29) is 18.4 Å². The van der Waals surface area contributed by atoms with Crippen molar-refractivity contribution in [3.8, 4) is 0 Å². The third kappa shape index (κ3) is 2.09. The maximum atomic E-state index is 12.4. The van der Waals surface area contributed by atoms with E-state index in [4.69, 9.17) is 5.73 Å². The molecule has 2 amide bonds. The van der Waals surface area contributed by atoms with Gasteiger partial charge in [-0.25, -0.2) is 0 Å². The molecule has 0 fully saturated rings. The Hall–Kier alpha value is -2.62. The molecule has 1 aliphatic rings. The first-order chi connectivity index (χ1) is 9.99. The number of nitrogens with two attached hydrogens (primary N) is 1. The lowest BCUT2D eigenvalue weighted by molar-refractivity contribution is 0.0642. The Bertz CT molecular complexity index is 765. The first kappa shape index (κ1) is 13.4. The number of benzene rings is 2. The summed E-state index contributed by atoms with van der Waals surface area (Å²) in [6.45, 7) is 4.31. The number of hydrogen-bond donors (Lipinski definition) is 1. The van der Waals surface area contributed by atoms with Gasteiger partial charge in [0, 0.05) is 5.69 Å². The molecule has 0 saturated carbocycles. The van der Waals surface area contributed by atoms with Crippen molar-refractivity contribution in [3.63, 3.8) is 0 Å². The maximum Gasteiger partial charge on any atom is 0.263 e. The normalized spacial score (nSPS) is 13.7. The van der Waals surface area contributed by atoms with E-state index in [9.17, 15) is 9.59 Å². The molecule has 21 heavy (non-hydrogen) atoms. The predicted molar refractivity (Wildman–Crippen MR) is 81.0 cm³/mol. The molecule has 2 aromatic rings. The molecule has 1 aliphatic heterocycles. The molecule has 2 N–H and O–H groups in total. The van der Waals surface area contributed by atoms with Crippen LogP contribution in [0, 0.1) is 13.8 Å². The summed E-state index contributed by atoms with van der Waals surface area (Å²) in [7, 11) is 0. The second-order valence-corrected chi connectivity index (χ2v) is 5.38. The number of carbonyl (C=O) groups is 2. The number of nitrogens with zero attached hydrogens (tertiary/aromatic N) is 1. The monoisotopic (exact) mass is 280 g/mol. The molecule has 106 valence electrons. The highest BCUT2D eigenvalue weighted by molar-refractivity contribution is 6.23. The fourth-order valence-corrected chi connectivity index (χ4v) is 2.59. The summed E-state index contributed by atoms with van der Waals surface area (Å²) in [5.74, 6) is -0.591. The molecule has 4 nitrogen and oxygen atoms in total. The largest absolute Gasteiger partial charge is 0.398 e. The zero-order valence-corrected chi connectivity index (χ0v) is 12.0. The lowest BCUT2D eigenvalue weighted by Gasteiger charge is -2.14. The SMILES string of the molecule is Cc1ccc(CN2C(=O)c3cccc(N)c3C2=O)cc1C. The van der Waals surface area contributed by atoms with Gasteiger partial charge >= 0.3 is 0 Å². The molecule has 1 heterocycles. The number of nitrogen functional groups attached to an aromatic ring is 1. The van der Waals surface area contributed by atoms with Crippen molar-refractivity contribution < 1.29 is 9.59 Å². The van der Waals surface area contributed by atoms with Gasteiger partial charge in [0.25, 0.3) is 11.8 Å². The molecule has 0 aromatic heterocycles. The Morgan fingerprint density at radius 1 is 1.00 bits per heavy atom. The van der Waals surface area contributed by atoms with Crippen molar-refractivity contribution in [2.75, 3.05) is 5.73 Å². The van der Waals surface area contributed by atoms with Crippen molar-refractivity contribution in [3.05, 3.63) is 64.2 Å². The van der Waals surface area contributed by atoms with Gasteiger partial charge in [-0.05, 0) is 42.7 Å². The average Bonchev–Trinajstić information content (AvgIpc) is 2.69. The quantitative estimate of drug-likeness (QED) is 0.679. The lowest BCUT2D eigenvalue weighted by Crippen LogP contribution is -2.29. The molecule has 0 atom stereocenters. The highest BCUT2D eigenvalue weighted by atomic mass is 16.2. The fraction of sp³-hybridized carbons (Fsp3) is 0.176. The van der Waals surface area contributed by atoms with Crippen LogP contribution in [0.1, 0.15) is 37.4 Å². The smallest absolute Gasteiger partial charge is 0.263 e. The summed E-state index contributed by atoms with van der Waals surface area (Å²) < 4.78 is 0. The number of amides is 2. The minimum Gasteiger partial charge on any atom is -0.398 e. The molecule has 4 heteroatoms. The zero-order chi connectivity index (χ0) is 15.1. The summed E-state index contributed by atoms with van der Waals surface area (Å²) in [5, 5.41) is 0. The molecule has 3 rings (SSSR count). The van der Waals surface area contributed by atoms with Crippen LogP contribution in [-0.4, -0.2) is 16.7 Å². The van der Waals surface area contributed by atoms with Crippen molar-refractivity contribution in [2.45, 2.75) is 20.4 Å². The Morgan fingerprint density at radius 2 is 1.76 bits per heavy atom. The van der Waals surface area contributed by atoms with Crippen LogP contribution in [0.3, 0.4) is 0 Å². The zero-order valence-electron chi connectivity index (χ0n) is 12.0. The highest BCUT2D eigenvalue weighted by Gasteiger charge is 2.36. The van der Waals surface area contributed by atoms with E-state index < -0.39 is 0 Å². The minimum atomic E-state index is -0.314. The molecular weight excluding hydrogens is 264 g/mol. The van der Waals surface area contributed by atoms with Gasteiger partial charge in [-0.2, -0.15) is 0 Å². The van der Waals surface area contributed by atoms with Crippen LogP contribution >= 0.6 is 0 Å². The van der Waals surface area contributed by atoms with Crippen molar-refractivity contribution in [1.29, 1.82) is 0 Å². The number of anilines is 1. The lowest BCUT2D eigenvalue weighted by atomic mass is 10.1. The van der Waals surface area contributed by atoms with E-state index in [0.717, 1.165) is 11.1 Å². The Kier molecular flexibility index (Phi) is 3.01. The molecule has 0 aliphatic carbocycles. The first-order valence-electron chi connectivity index (χ1n) is 6.80. The Morgan fingerprint density at radius 3 is 2.43 bits per heavy atom. The summed E-state index contributed by atoms with van der Waals surface area (Å²) in [5.41, 5.74) is 10.2. The van der Waals surface area contributed by atoms with Gasteiger partial charge in [0.2, 0.25) is 0 Å². The topological polar surface area (TPSA) is 63.4 Å². The first-order valence-corrected chi connectivity index (χ1v) is 6.80. The van der Waals surface area contributed by atoms with Crippen LogP contribution < -0.4 is 5.73 Å². The van der Waals surface area contributed by atoms with Gasteiger partial charge in [-0.3, -0.25) is 14.5 Å². The summed E-state index contributed by atoms with van der Waals surface area (Å²) in [6, 6.07) is 10.9. The molecule has 0 radical (unpaired) electrons. The molecule has 0 spiro atoms. The second-order valence-electron chi connectivity index (χ2n) is 5.38. The Labute approximate surface area is 123 Å². The van der Waals surface area contributed by atoms with Crippen LogP contribution in [0.4, 0.5) is 5.69 Å². The van der Waals surface area contributed by atoms with E-state index in [1.807, 2.05) is 32.0 Å². The van der Waals surface area contributed by atoms with Crippen LogP contribution in [0.5, 0.6) is 0 Å². The summed E-state index contributed by atoms with van der Waals surface area (Å²) in [6.07, 6.45) is 0. The number of hydrogen-bond acceptors (Lipinski definition) is 3. The molecule has 0 unspecified atom stereocenters. The van der Waals surface area contributed by atoms with E-state index in [2.05, 4.69) is 0 Å². The van der Waals surface area contributed by atoms with Crippen LogP contribution in [0.15, 0.2) is 36.4 Å². The van der Waals surface area contributed by atoms with Gasteiger partial charge < -0.3 is 5.73 Å². The minimum absolute atomic E-state index is 0.271. The Balaban J connectivity index is 1.95. The van der Waals surface area contributed by atoms with Crippen LogP contribution in [-0.2, 0) is 6.54 Å². The fourth-order valence-electron chi connectivity index (χ4n) is 2.59. The van der Waals surface area contributed by atoms with E-state index in [1.165, 1.54) is 10.5 Å². The van der Waals surface area contributed by atoms with Crippen molar-refractivity contribution in [1.82, 2.24) is 4.90 Å². The van der Waals surface area contributed by atoms with Crippen LogP contribution in [0.25, 0.3) is 0 Å². The second kappa shape index (κ2) is 4.74. The molecule has 0 bridgehead atoms. The average molecular weight is 280 g/mol. The molecular formula is C17H16N2O2. The molecule has 0 saturated heterocycles. The van der Waals surface area contributed by atoms with E-state index >= 15 is 0 Å². The number of carbonyl (C=O) groups excluding carboxylic acids is 2. The number of aryl methyl sites for hydroxylation is 2. The van der Waals surface area contributed by atoms with Gasteiger partial charge in [-0.1, -0.05) is 24.3 Å². The van der Waals surface area contributed by atoms with Crippen molar-refractivity contribution in [2.24, 2.45) is 0 Å². The van der Waals surface area contributed by atoms with Gasteiger partial charge in [0.15, 0.2) is 0 Å². The van der Waals surface area contributed by atoms with Gasteiger partial charge in [0.05, 0.1) is 17.7 Å². The van der Waals surface area contributed by atoms with Crippen molar-refractivity contribution >= 4 is 17.5 Å². The van der Waals surface area contributed by atoms with E-state index in [0.29, 0.717) is 16.8 Å². The maximum absolute atomic E-state index is 12.4. The third-order valence-electron chi connectivity index (χ3n) is 3.94. The number of fused-ring (bicyclic) bond motifs is 1. The van der Waals surface area contributed by atoms with Crippen LogP contribution in [0.2, 0.25) is 0 Å². The van der Waals surface area contributed by atoms with Gasteiger partial charge in [0.1, 0.15) is 0 Å².